The van der Waals surface area contributed by atoms with Gasteiger partial charge in [-0.05, 0) is 0 Å². The molecule has 0 bridgehead atoms. The van der Waals surface area contributed by atoms with E-state index in [1.54, 1.807) is 0 Å². The summed E-state index contributed by atoms with van der Waals surface area (Å²) in [5.74, 6) is 0. The zero-order valence-corrected chi connectivity index (χ0v) is 10.6. The van der Waals surface area contributed by atoms with Crippen molar-refractivity contribution in [2.45, 2.75) is 45.6 Å². The number of ether oxygens (including phenoxy) is 1. The fraction of sp³-hybridized carbons (Fsp3) is 1.00. The van der Waals surface area contributed by atoms with Gasteiger partial charge in [-0.25, -0.2) is 0 Å². The van der Waals surface area contributed by atoms with Crippen LogP contribution in [0, 0.1) is 0 Å². The molecular weight excluding hydrogens is 220 g/mol. The van der Waals surface area contributed by atoms with Gasteiger partial charge in [0.25, 0.3) is 0 Å². The summed E-state index contributed by atoms with van der Waals surface area (Å²) >= 11 is -3.25. The van der Waals surface area contributed by atoms with Crippen LogP contribution in [0.2, 0.25) is 0 Å². The monoisotopic (exact) mass is 240 g/mol. The molecule has 0 amide bonds. The molecule has 5 heteroatoms. The fourth-order valence-electron chi connectivity index (χ4n) is 1.04. The van der Waals surface area contributed by atoms with Gasteiger partial charge < -0.3 is 0 Å². The summed E-state index contributed by atoms with van der Waals surface area (Å²) in [6, 6.07) is 0. The van der Waals surface area contributed by atoms with Gasteiger partial charge in [0.1, 0.15) is 0 Å². The van der Waals surface area contributed by atoms with Gasteiger partial charge in [-0.1, -0.05) is 0 Å². The molecule has 0 spiro atoms. The molecule has 0 atom stereocenters. The van der Waals surface area contributed by atoms with E-state index in [0.29, 0.717) is 12.7 Å². The number of hydrogen-bond donors (Lipinski definition) is 1. The summed E-state index contributed by atoms with van der Waals surface area (Å²) in [5.41, 5.74) is 0. The minimum absolute atomic E-state index is 0.307. The molecule has 0 radical (unpaired) electrons. The topological polar surface area (TPSA) is 55.8 Å². The Balaban J connectivity index is 2.96. The van der Waals surface area contributed by atoms with Gasteiger partial charge in [0, 0.05) is 0 Å². The quantitative estimate of drug-likeness (QED) is 0.493. The van der Waals surface area contributed by atoms with Crippen LogP contribution in [0.4, 0.5) is 0 Å². The van der Waals surface area contributed by atoms with Crippen LogP contribution in [0.5, 0.6) is 0 Å². The van der Waals surface area contributed by atoms with E-state index >= 15 is 0 Å². The van der Waals surface area contributed by atoms with Crippen molar-refractivity contribution in [1.29, 1.82) is 0 Å². The van der Waals surface area contributed by atoms with E-state index in [0.717, 1.165) is 32.3 Å². The van der Waals surface area contributed by atoms with Crippen LogP contribution in [-0.4, -0.2) is 23.0 Å². The molecule has 0 saturated heterocycles. The molecule has 0 saturated carbocycles. The van der Waals surface area contributed by atoms with Crippen LogP contribution in [0.1, 0.15) is 39.5 Å². The van der Waals surface area contributed by atoms with Gasteiger partial charge in [-0.2, -0.15) is 0 Å². The first-order valence-corrected chi connectivity index (χ1v) is 7.07. The summed E-state index contributed by atoms with van der Waals surface area (Å²) in [4.78, 5) is 0. The molecular formula is C9H20O4Ti. The van der Waals surface area contributed by atoms with Crippen molar-refractivity contribution < 1.29 is 33.7 Å². The minimum atomic E-state index is -3.25. The maximum absolute atomic E-state index is 10.2. The maximum atomic E-state index is 10.2. The second-order valence-corrected chi connectivity index (χ2v) is 4.73. The second-order valence-electron chi connectivity index (χ2n) is 3.45. The molecule has 14 heavy (non-hydrogen) atoms. The third-order valence-corrected chi connectivity index (χ3v) is 2.42. The third-order valence-electron chi connectivity index (χ3n) is 1.72. The van der Waals surface area contributed by atoms with Crippen molar-refractivity contribution in [1.82, 2.24) is 0 Å². The first-order chi connectivity index (χ1) is 6.63. The standard InChI is InChI=1S/C9H19O2.H2O.O.Ti/c1-9(2)11-8-6-4-3-5-7-10;;;/h9H,3-8H2,1-2H3;1H2;;/q-1;;;+2/p-1. The molecule has 0 aromatic rings. The predicted molar refractivity (Wildman–Crippen MR) is 48.4 cm³/mol. The Morgan fingerprint density at radius 2 is 1.71 bits per heavy atom. The summed E-state index contributed by atoms with van der Waals surface area (Å²) in [6.45, 7) is 5.27. The van der Waals surface area contributed by atoms with Gasteiger partial charge in [0.2, 0.25) is 0 Å². The van der Waals surface area contributed by atoms with Crippen LogP contribution in [0.15, 0.2) is 0 Å². The van der Waals surface area contributed by atoms with E-state index in [-0.39, 0.29) is 0 Å². The van der Waals surface area contributed by atoms with Crippen molar-refractivity contribution in [3.05, 3.63) is 0 Å². The van der Waals surface area contributed by atoms with E-state index in [1.165, 1.54) is 0 Å². The van der Waals surface area contributed by atoms with E-state index in [9.17, 15) is 3.32 Å². The SMILES string of the molecule is CC(C)OCCCCCC[O][Ti](=[O])[OH]. The van der Waals surface area contributed by atoms with Crippen molar-refractivity contribution in [3.63, 3.8) is 0 Å². The number of unbranched alkanes of at least 4 members (excludes halogenated alkanes) is 3. The van der Waals surface area contributed by atoms with Crippen LogP contribution < -0.4 is 0 Å². The molecule has 0 rings (SSSR count). The fourth-order valence-corrected chi connectivity index (χ4v) is 1.53. The molecule has 0 heterocycles. The third kappa shape index (κ3) is 12.4. The summed E-state index contributed by atoms with van der Waals surface area (Å²) < 4.78 is 28.6. The molecule has 0 fully saturated rings. The van der Waals surface area contributed by atoms with E-state index < -0.39 is 18.6 Å². The van der Waals surface area contributed by atoms with E-state index in [4.69, 9.17) is 8.42 Å². The molecule has 84 valence electrons. The Morgan fingerprint density at radius 3 is 2.21 bits per heavy atom. The zero-order valence-electron chi connectivity index (χ0n) is 8.99. The van der Waals surface area contributed by atoms with Crippen LogP contribution in [0.25, 0.3) is 0 Å². The summed E-state index contributed by atoms with van der Waals surface area (Å²) in [6.07, 6.45) is 4.35. The summed E-state index contributed by atoms with van der Waals surface area (Å²) in [5, 5.41) is 0. The van der Waals surface area contributed by atoms with E-state index in [2.05, 4.69) is 3.32 Å². The van der Waals surface area contributed by atoms with Gasteiger partial charge in [-0.15, -0.1) is 0 Å². The average Bonchev–Trinajstić information content (AvgIpc) is 2.08. The van der Waals surface area contributed by atoms with Crippen molar-refractivity contribution in [2.24, 2.45) is 0 Å². The van der Waals surface area contributed by atoms with Crippen molar-refractivity contribution >= 4 is 0 Å². The van der Waals surface area contributed by atoms with Gasteiger partial charge in [-0.3, -0.25) is 0 Å². The van der Waals surface area contributed by atoms with Gasteiger partial charge >= 0.3 is 92.5 Å². The summed E-state index contributed by atoms with van der Waals surface area (Å²) in [7, 11) is 0. The molecule has 0 aliphatic carbocycles. The Kier molecular flexibility index (Phi) is 10.2. The molecule has 0 aliphatic rings. The number of rotatable bonds is 9. The molecule has 0 aromatic carbocycles. The normalized spacial score (nSPS) is 10.9. The molecule has 0 aliphatic heterocycles. The van der Waals surface area contributed by atoms with Crippen LogP contribution in [0.3, 0.4) is 0 Å². The average molecular weight is 240 g/mol. The molecule has 0 aromatic heterocycles. The first-order valence-electron chi connectivity index (χ1n) is 5.10. The van der Waals surface area contributed by atoms with Crippen molar-refractivity contribution in [2.75, 3.05) is 13.2 Å². The van der Waals surface area contributed by atoms with Crippen LogP contribution in [-0.2, 0) is 30.0 Å². The second kappa shape index (κ2) is 9.93. The molecule has 1 N–H and O–H groups in total. The molecule has 4 nitrogen and oxygen atoms in total. The number of hydrogen-bond acceptors (Lipinski definition) is 3. The van der Waals surface area contributed by atoms with Crippen molar-refractivity contribution in [3.8, 4) is 0 Å². The van der Waals surface area contributed by atoms with E-state index in [1.807, 2.05) is 13.8 Å². The Hall–Kier alpha value is 0.394. The van der Waals surface area contributed by atoms with Gasteiger partial charge in [0.05, 0.1) is 0 Å². The predicted octanol–water partition coefficient (Wildman–Crippen LogP) is 1.77. The Morgan fingerprint density at radius 1 is 1.14 bits per heavy atom. The van der Waals surface area contributed by atoms with Gasteiger partial charge in [0.15, 0.2) is 0 Å². The zero-order chi connectivity index (χ0) is 10.8. The Labute approximate surface area is 92.7 Å². The first kappa shape index (κ1) is 14.4. The van der Waals surface area contributed by atoms with Crippen LogP contribution >= 0.6 is 0 Å². The molecule has 0 unspecified atom stereocenters. The Bertz CT molecular complexity index is 150.